The van der Waals surface area contributed by atoms with Crippen LogP contribution in [0.5, 0.6) is 0 Å². The number of hydrogen-bond donors (Lipinski definition) is 2. The molecule has 0 saturated heterocycles. The molecular weight excluding hydrogens is 186 g/mol. The average molecular weight is 213 g/mol. The molecule has 1 fully saturated rings. The summed E-state index contributed by atoms with van der Waals surface area (Å²) in [7, 11) is 0. The van der Waals surface area contributed by atoms with E-state index in [2.05, 4.69) is 19.2 Å². The van der Waals surface area contributed by atoms with Gasteiger partial charge in [0, 0.05) is 12.6 Å². The highest BCUT2D eigenvalue weighted by Gasteiger charge is 2.28. The van der Waals surface area contributed by atoms with Crippen molar-refractivity contribution in [3.05, 3.63) is 0 Å². The first-order chi connectivity index (χ1) is 7.16. The topological polar surface area (TPSA) is 32.3 Å². The molecule has 90 valence electrons. The van der Waals surface area contributed by atoms with Crippen LogP contribution in [0.1, 0.15) is 65.2 Å². The fraction of sp³-hybridized carbons (Fsp3) is 1.00. The molecule has 15 heavy (non-hydrogen) atoms. The van der Waals surface area contributed by atoms with Gasteiger partial charge in [0.15, 0.2) is 0 Å². The highest BCUT2D eigenvalue weighted by atomic mass is 16.3. The minimum Gasteiger partial charge on any atom is -0.389 e. The molecule has 0 spiro atoms. The highest BCUT2D eigenvalue weighted by molar-refractivity contribution is 4.85. The molecule has 1 saturated carbocycles. The van der Waals surface area contributed by atoms with Gasteiger partial charge in [0.05, 0.1) is 5.60 Å². The molecule has 1 rings (SSSR count). The molecule has 2 N–H and O–H groups in total. The number of rotatable bonds is 6. The molecular formula is C13H27NO. The first-order valence-corrected chi connectivity index (χ1v) is 6.62. The van der Waals surface area contributed by atoms with Crippen LogP contribution >= 0.6 is 0 Å². The second-order valence-electron chi connectivity index (χ2n) is 5.21. The van der Waals surface area contributed by atoms with E-state index in [1.807, 2.05) is 0 Å². The second kappa shape index (κ2) is 6.49. The Morgan fingerprint density at radius 1 is 1.27 bits per heavy atom. The number of unbranched alkanes of at least 4 members (excludes halogenated alkanes) is 1. The lowest BCUT2D eigenvalue weighted by atomic mass is 9.84. The van der Waals surface area contributed by atoms with Gasteiger partial charge >= 0.3 is 0 Å². The van der Waals surface area contributed by atoms with Crippen molar-refractivity contribution in [3.8, 4) is 0 Å². The van der Waals surface area contributed by atoms with Gasteiger partial charge in [0.1, 0.15) is 0 Å². The van der Waals surface area contributed by atoms with Crippen molar-refractivity contribution < 1.29 is 5.11 Å². The maximum absolute atomic E-state index is 10.3. The minimum atomic E-state index is -0.404. The summed E-state index contributed by atoms with van der Waals surface area (Å²) in [5.74, 6) is 0. The molecule has 1 unspecified atom stereocenters. The lowest BCUT2D eigenvalue weighted by Crippen LogP contribution is -2.44. The molecule has 0 amide bonds. The predicted octanol–water partition coefficient (Wildman–Crippen LogP) is 2.85. The van der Waals surface area contributed by atoms with Gasteiger partial charge in [-0.15, -0.1) is 0 Å². The van der Waals surface area contributed by atoms with E-state index < -0.39 is 5.60 Å². The molecule has 0 radical (unpaired) electrons. The van der Waals surface area contributed by atoms with Gasteiger partial charge in [-0.05, 0) is 26.2 Å². The summed E-state index contributed by atoms with van der Waals surface area (Å²) in [4.78, 5) is 0. The maximum atomic E-state index is 10.3. The van der Waals surface area contributed by atoms with Gasteiger partial charge in [-0.25, -0.2) is 0 Å². The van der Waals surface area contributed by atoms with Gasteiger partial charge in [-0.1, -0.05) is 39.0 Å². The summed E-state index contributed by atoms with van der Waals surface area (Å²) in [5.41, 5.74) is -0.404. The molecule has 0 aromatic rings. The van der Waals surface area contributed by atoms with E-state index in [0.29, 0.717) is 6.04 Å². The largest absolute Gasteiger partial charge is 0.389 e. The SMILES string of the molecule is CCCCC(C)NCC1(O)CCCCC1. The monoisotopic (exact) mass is 213 g/mol. The number of hydrogen-bond acceptors (Lipinski definition) is 2. The summed E-state index contributed by atoms with van der Waals surface area (Å²) in [6, 6.07) is 0.552. The lowest BCUT2D eigenvalue weighted by Gasteiger charge is -2.33. The molecule has 1 atom stereocenters. The zero-order valence-electron chi connectivity index (χ0n) is 10.4. The minimum absolute atomic E-state index is 0.404. The quantitative estimate of drug-likeness (QED) is 0.711. The van der Waals surface area contributed by atoms with Crippen LogP contribution in [0.15, 0.2) is 0 Å². The summed E-state index contributed by atoms with van der Waals surface area (Å²) in [6.07, 6.45) is 9.44. The molecule has 1 aliphatic rings. The van der Waals surface area contributed by atoms with Crippen LogP contribution in [-0.2, 0) is 0 Å². The van der Waals surface area contributed by atoms with Crippen molar-refractivity contribution in [2.75, 3.05) is 6.54 Å². The molecule has 0 heterocycles. The van der Waals surface area contributed by atoms with Crippen LogP contribution in [0.4, 0.5) is 0 Å². The van der Waals surface area contributed by atoms with Gasteiger partial charge in [0.2, 0.25) is 0 Å². The molecule has 2 heteroatoms. The van der Waals surface area contributed by atoms with Crippen molar-refractivity contribution in [2.45, 2.75) is 76.9 Å². The van der Waals surface area contributed by atoms with Gasteiger partial charge in [-0.3, -0.25) is 0 Å². The van der Waals surface area contributed by atoms with Crippen LogP contribution in [0.25, 0.3) is 0 Å². The van der Waals surface area contributed by atoms with Crippen molar-refractivity contribution in [3.63, 3.8) is 0 Å². The molecule has 0 bridgehead atoms. The van der Waals surface area contributed by atoms with E-state index >= 15 is 0 Å². The van der Waals surface area contributed by atoms with Crippen LogP contribution in [0.2, 0.25) is 0 Å². The smallest absolute Gasteiger partial charge is 0.0771 e. The van der Waals surface area contributed by atoms with E-state index in [1.54, 1.807) is 0 Å². The zero-order chi connectivity index (χ0) is 11.1. The second-order valence-corrected chi connectivity index (χ2v) is 5.21. The molecule has 0 aromatic carbocycles. The molecule has 2 nitrogen and oxygen atoms in total. The Morgan fingerprint density at radius 3 is 2.53 bits per heavy atom. The van der Waals surface area contributed by atoms with E-state index in [9.17, 15) is 5.11 Å². The van der Waals surface area contributed by atoms with Gasteiger partial charge < -0.3 is 10.4 Å². The standard InChI is InChI=1S/C13H27NO/c1-3-4-8-12(2)14-11-13(15)9-6-5-7-10-13/h12,14-15H,3-11H2,1-2H3. The zero-order valence-corrected chi connectivity index (χ0v) is 10.4. The van der Waals surface area contributed by atoms with Gasteiger partial charge in [-0.2, -0.15) is 0 Å². The Morgan fingerprint density at radius 2 is 1.93 bits per heavy atom. The number of aliphatic hydroxyl groups is 1. The summed E-state index contributed by atoms with van der Waals surface area (Å²) in [5, 5.41) is 13.8. The third kappa shape index (κ3) is 4.98. The fourth-order valence-electron chi connectivity index (χ4n) is 2.36. The Hall–Kier alpha value is -0.0800. The Bertz CT molecular complexity index is 164. The van der Waals surface area contributed by atoms with Crippen LogP contribution in [0, 0.1) is 0 Å². The maximum Gasteiger partial charge on any atom is 0.0771 e. The van der Waals surface area contributed by atoms with Crippen molar-refractivity contribution in [1.82, 2.24) is 5.32 Å². The van der Waals surface area contributed by atoms with Crippen LogP contribution in [-0.4, -0.2) is 23.3 Å². The Labute approximate surface area is 94.5 Å². The van der Waals surface area contributed by atoms with Crippen LogP contribution in [0.3, 0.4) is 0 Å². The van der Waals surface area contributed by atoms with Crippen molar-refractivity contribution in [2.24, 2.45) is 0 Å². The molecule has 0 aliphatic heterocycles. The van der Waals surface area contributed by atoms with E-state index in [0.717, 1.165) is 19.4 Å². The lowest BCUT2D eigenvalue weighted by molar-refractivity contribution is 0.00283. The number of nitrogens with one attached hydrogen (secondary N) is 1. The fourth-order valence-corrected chi connectivity index (χ4v) is 2.36. The van der Waals surface area contributed by atoms with Crippen molar-refractivity contribution >= 4 is 0 Å². The predicted molar refractivity (Wildman–Crippen MR) is 65.0 cm³/mol. The molecule has 1 aliphatic carbocycles. The normalized spacial score (nSPS) is 22.6. The Balaban J connectivity index is 2.16. The van der Waals surface area contributed by atoms with E-state index in [4.69, 9.17) is 0 Å². The average Bonchev–Trinajstić information content (AvgIpc) is 2.25. The Kier molecular flexibility index (Phi) is 5.62. The van der Waals surface area contributed by atoms with Gasteiger partial charge in [0.25, 0.3) is 0 Å². The third-order valence-corrected chi connectivity index (χ3v) is 3.55. The van der Waals surface area contributed by atoms with Crippen molar-refractivity contribution in [1.29, 1.82) is 0 Å². The van der Waals surface area contributed by atoms with E-state index in [1.165, 1.54) is 38.5 Å². The summed E-state index contributed by atoms with van der Waals surface area (Å²) < 4.78 is 0. The molecule has 0 aromatic heterocycles. The highest BCUT2D eigenvalue weighted by Crippen LogP contribution is 2.27. The summed E-state index contributed by atoms with van der Waals surface area (Å²) in [6.45, 7) is 5.24. The first kappa shape index (κ1) is 13.0. The first-order valence-electron chi connectivity index (χ1n) is 6.62. The summed E-state index contributed by atoms with van der Waals surface area (Å²) >= 11 is 0. The van der Waals surface area contributed by atoms with Crippen LogP contribution < -0.4 is 5.32 Å². The third-order valence-electron chi connectivity index (χ3n) is 3.55. The van der Waals surface area contributed by atoms with E-state index in [-0.39, 0.29) is 0 Å².